The maximum atomic E-state index is 13.7. The molecule has 0 atom stereocenters. The van der Waals surface area contributed by atoms with E-state index in [4.69, 9.17) is 0 Å². The third kappa shape index (κ3) is 7.96. The monoisotopic (exact) mass is 537 g/mol. The van der Waals surface area contributed by atoms with Crippen molar-refractivity contribution in [2.45, 2.75) is 45.0 Å². The molecule has 0 heterocycles. The Balaban J connectivity index is 1.55. The normalized spacial score (nSPS) is 14.3. The number of amides is 1. The van der Waals surface area contributed by atoms with Gasteiger partial charge in [-0.05, 0) is 65.4 Å². The van der Waals surface area contributed by atoms with Crippen LogP contribution in [0, 0.1) is 5.92 Å². The van der Waals surface area contributed by atoms with E-state index in [9.17, 15) is 22.8 Å². The number of benzene rings is 3. The molecule has 1 amide bonds. The molecule has 0 aromatic heterocycles. The minimum absolute atomic E-state index is 0.0373. The lowest BCUT2D eigenvalue weighted by molar-refractivity contribution is -0.274. The molecule has 1 fully saturated rings. The van der Waals surface area contributed by atoms with E-state index in [0.29, 0.717) is 6.54 Å². The van der Waals surface area contributed by atoms with Crippen molar-refractivity contribution in [1.29, 1.82) is 0 Å². The summed E-state index contributed by atoms with van der Waals surface area (Å²) < 4.78 is 46.0. The van der Waals surface area contributed by atoms with Crippen molar-refractivity contribution < 1.29 is 32.2 Å². The number of hydrogen-bond acceptors (Lipinski definition) is 4. The lowest BCUT2D eigenvalue weighted by atomic mass is 9.88. The van der Waals surface area contributed by atoms with Gasteiger partial charge in [0.2, 0.25) is 5.91 Å². The maximum absolute atomic E-state index is 13.7. The van der Waals surface area contributed by atoms with Gasteiger partial charge in [-0.3, -0.25) is 4.79 Å². The van der Waals surface area contributed by atoms with E-state index in [0.717, 1.165) is 60.0 Å². The second kappa shape index (κ2) is 12.7. The number of ether oxygens (including phenoxy) is 2. The molecule has 5 nitrogen and oxygen atoms in total. The number of carbonyl (C=O) groups is 2. The van der Waals surface area contributed by atoms with Crippen LogP contribution >= 0.6 is 0 Å². The number of anilines is 1. The molecular formula is C31H30F3NO4. The highest BCUT2D eigenvalue weighted by Gasteiger charge is 2.31. The predicted molar refractivity (Wildman–Crippen MR) is 144 cm³/mol. The molecule has 39 heavy (non-hydrogen) atoms. The van der Waals surface area contributed by atoms with Crippen LogP contribution in [0.5, 0.6) is 5.75 Å². The lowest BCUT2D eigenvalue weighted by Crippen LogP contribution is -2.36. The molecule has 3 aromatic rings. The minimum Gasteiger partial charge on any atom is -0.466 e. The number of methoxy groups -OCH3 is 1. The summed E-state index contributed by atoms with van der Waals surface area (Å²) in [6.45, 7) is 0.359. The first-order chi connectivity index (χ1) is 18.7. The first kappa shape index (κ1) is 28.0. The Hall–Kier alpha value is -4.07. The fourth-order valence-corrected chi connectivity index (χ4v) is 4.73. The maximum Gasteiger partial charge on any atom is 0.573 e. The first-order valence-corrected chi connectivity index (χ1v) is 12.8. The van der Waals surface area contributed by atoms with Crippen LogP contribution in [0.25, 0.3) is 17.2 Å². The van der Waals surface area contributed by atoms with Crippen LogP contribution in [0.4, 0.5) is 18.9 Å². The van der Waals surface area contributed by atoms with Gasteiger partial charge in [0.15, 0.2) is 0 Å². The van der Waals surface area contributed by atoms with Gasteiger partial charge in [0, 0.05) is 17.7 Å². The van der Waals surface area contributed by atoms with E-state index in [-0.39, 0.29) is 17.6 Å². The predicted octanol–water partition coefficient (Wildman–Crippen LogP) is 7.55. The standard InChI is InChI=1S/C31H30F3NO4/c1-38-29(36)19-12-22-6-5-9-27(20-22)35(30(37)26-7-3-2-4-8-26)21-23-10-13-24(14-11-23)25-15-17-28(18-16-25)39-31(32,33)34/h5-6,9-20,26H,2-4,7-8,21H2,1H3/b19-12+. The Morgan fingerprint density at radius 1 is 0.923 bits per heavy atom. The second-order valence-electron chi connectivity index (χ2n) is 9.48. The van der Waals surface area contributed by atoms with Gasteiger partial charge in [-0.1, -0.05) is 67.8 Å². The van der Waals surface area contributed by atoms with Crippen molar-refractivity contribution in [3.8, 4) is 16.9 Å². The summed E-state index contributed by atoms with van der Waals surface area (Å²) in [6.07, 6.45) is 3.20. The molecule has 0 bridgehead atoms. The van der Waals surface area contributed by atoms with Crippen molar-refractivity contribution in [1.82, 2.24) is 0 Å². The molecule has 3 aromatic carbocycles. The van der Waals surface area contributed by atoms with E-state index < -0.39 is 12.3 Å². The van der Waals surface area contributed by atoms with E-state index in [1.807, 2.05) is 48.5 Å². The number of alkyl halides is 3. The fraction of sp³-hybridized carbons (Fsp3) is 0.290. The molecule has 1 aliphatic carbocycles. The Labute approximate surface area is 225 Å². The van der Waals surface area contributed by atoms with Gasteiger partial charge in [0.05, 0.1) is 13.7 Å². The molecule has 0 aliphatic heterocycles. The summed E-state index contributed by atoms with van der Waals surface area (Å²) >= 11 is 0. The highest BCUT2D eigenvalue weighted by molar-refractivity contribution is 5.95. The molecule has 1 saturated carbocycles. The molecule has 0 radical (unpaired) electrons. The summed E-state index contributed by atoms with van der Waals surface area (Å²) in [4.78, 5) is 27.0. The number of esters is 1. The summed E-state index contributed by atoms with van der Waals surface area (Å²) in [5.41, 5.74) is 4.00. The molecule has 4 rings (SSSR count). The van der Waals surface area contributed by atoms with Crippen molar-refractivity contribution in [2.75, 3.05) is 12.0 Å². The number of halogens is 3. The van der Waals surface area contributed by atoms with Crippen molar-refractivity contribution >= 4 is 23.6 Å². The molecule has 0 saturated heterocycles. The van der Waals surface area contributed by atoms with Crippen LogP contribution in [0.3, 0.4) is 0 Å². The second-order valence-corrected chi connectivity index (χ2v) is 9.48. The van der Waals surface area contributed by atoms with E-state index >= 15 is 0 Å². The van der Waals surface area contributed by atoms with E-state index in [1.165, 1.54) is 25.3 Å². The summed E-state index contributed by atoms with van der Waals surface area (Å²) in [7, 11) is 1.32. The highest BCUT2D eigenvalue weighted by Crippen LogP contribution is 2.30. The SMILES string of the molecule is COC(=O)/C=C/c1cccc(N(Cc2ccc(-c3ccc(OC(F)(F)F)cc3)cc2)C(=O)C2CCCCC2)c1. The zero-order chi connectivity index (χ0) is 27.8. The van der Waals surface area contributed by atoms with Crippen LogP contribution in [-0.4, -0.2) is 25.3 Å². The quantitative estimate of drug-likeness (QED) is 0.220. The van der Waals surface area contributed by atoms with Crippen LogP contribution in [-0.2, 0) is 20.9 Å². The smallest absolute Gasteiger partial charge is 0.466 e. The summed E-state index contributed by atoms with van der Waals surface area (Å²) in [5.74, 6) is -0.695. The largest absolute Gasteiger partial charge is 0.573 e. The van der Waals surface area contributed by atoms with E-state index in [2.05, 4.69) is 9.47 Å². The third-order valence-corrected chi connectivity index (χ3v) is 6.73. The topological polar surface area (TPSA) is 55.8 Å². The first-order valence-electron chi connectivity index (χ1n) is 12.8. The number of rotatable bonds is 8. The number of carbonyl (C=O) groups excluding carboxylic acids is 2. The van der Waals surface area contributed by atoms with Gasteiger partial charge in [0.25, 0.3) is 0 Å². The van der Waals surface area contributed by atoms with Gasteiger partial charge in [-0.25, -0.2) is 4.79 Å². The van der Waals surface area contributed by atoms with Crippen molar-refractivity contribution in [3.63, 3.8) is 0 Å². The Bertz CT molecular complexity index is 1290. The average molecular weight is 538 g/mol. The lowest BCUT2D eigenvalue weighted by Gasteiger charge is -2.30. The number of hydrogen-bond donors (Lipinski definition) is 0. The highest BCUT2D eigenvalue weighted by atomic mass is 19.4. The summed E-state index contributed by atoms with van der Waals surface area (Å²) in [6, 6.07) is 20.8. The van der Waals surface area contributed by atoms with Crippen molar-refractivity contribution in [3.05, 3.63) is 90.0 Å². The molecule has 8 heteroatoms. The summed E-state index contributed by atoms with van der Waals surface area (Å²) in [5, 5.41) is 0. The zero-order valence-electron chi connectivity index (χ0n) is 21.6. The van der Waals surface area contributed by atoms with Crippen LogP contribution in [0.15, 0.2) is 78.9 Å². The van der Waals surface area contributed by atoms with Gasteiger partial charge in [-0.15, -0.1) is 13.2 Å². The van der Waals surface area contributed by atoms with Gasteiger partial charge in [-0.2, -0.15) is 0 Å². The molecular weight excluding hydrogens is 507 g/mol. The molecule has 0 unspecified atom stereocenters. The van der Waals surface area contributed by atoms with E-state index in [1.54, 1.807) is 23.1 Å². The fourth-order valence-electron chi connectivity index (χ4n) is 4.73. The molecule has 204 valence electrons. The van der Waals surface area contributed by atoms with Crippen molar-refractivity contribution in [2.24, 2.45) is 5.92 Å². The van der Waals surface area contributed by atoms with Crippen LogP contribution < -0.4 is 9.64 Å². The van der Waals surface area contributed by atoms with Gasteiger partial charge < -0.3 is 14.4 Å². The zero-order valence-corrected chi connectivity index (χ0v) is 21.6. The van der Waals surface area contributed by atoms with Crippen LogP contribution in [0.1, 0.15) is 43.2 Å². The Morgan fingerprint density at radius 2 is 1.56 bits per heavy atom. The van der Waals surface area contributed by atoms with Crippen LogP contribution in [0.2, 0.25) is 0 Å². The molecule has 0 N–H and O–H groups in total. The Morgan fingerprint density at radius 3 is 2.18 bits per heavy atom. The average Bonchev–Trinajstić information content (AvgIpc) is 2.95. The molecule has 1 aliphatic rings. The molecule has 0 spiro atoms. The Kier molecular flexibility index (Phi) is 9.07. The van der Waals surface area contributed by atoms with Gasteiger partial charge in [0.1, 0.15) is 5.75 Å². The number of nitrogens with zero attached hydrogens (tertiary/aromatic N) is 1. The van der Waals surface area contributed by atoms with Gasteiger partial charge >= 0.3 is 12.3 Å². The minimum atomic E-state index is -4.73. The third-order valence-electron chi connectivity index (χ3n) is 6.73.